The van der Waals surface area contributed by atoms with E-state index in [1.54, 1.807) is 6.07 Å². The average Bonchev–Trinajstić information content (AvgIpc) is 2.34. The molecule has 0 aliphatic rings. The molecule has 0 aliphatic carbocycles. The Labute approximate surface area is 60.8 Å². The van der Waals surface area contributed by atoms with Crippen molar-refractivity contribution in [3.05, 3.63) is 22.8 Å². The van der Waals surface area contributed by atoms with Gasteiger partial charge in [-0.3, -0.25) is 0 Å². The molecule has 2 heterocycles. The summed E-state index contributed by atoms with van der Waals surface area (Å²) in [5, 5.41) is 0. The van der Waals surface area contributed by atoms with Crippen molar-refractivity contribution < 1.29 is 4.42 Å². The fraction of sp³-hybridized carbons (Fsp3) is 0. The van der Waals surface area contributed by atoms with Gasteiger partial charge in [-0.15, -0.1) is 0 Å². The van der Waals surface area contributed by atoms with Crippen LogP contribution >= 0.6 is 0 Å². The van der Waals surface area contributed by atoms with Crippen LogP contribution in [0.25, 0.3) is 11.1 Å². The van der Waals surface area contributed by atoms with Crippen molar-refractivity contribution in [2.75, 3.05) is 5.73 Å². The van der Waals surface area contributed by atoms with Gasteiger partial charge in [-0.2, -0.15) is 4.98 Å². The highest BCUT2D eigenvalue weighted by Crippen LogP contribution is 2.14. The van der Waals surface area contributed by atoms with Crippen LogP contribution in [-0.4, -0.2) is 9.97 Å². The molecule has 3 N–H and O–H groups in total. The summed E-state index contributed by atoms with van der Waals surface area (Å²) in [4.78, 5) is 16.6. The summed E-state index contributed by atoms with van der Waals surface area (Å²) in [5.41, 5.74) is 5.91. The standard InChI is InChI=1S/C6H5N3O2/c7-5-4-3(1-2-11-4)8-6(10)9-5/h1-2H,(H3,7,8,9,10). The molecule has 2 rings (SSSR count). The van der Waals surface area contributed by atoms with Crippen molar-refractivity contribution >= 4 is 16.9 Å². The predicted octanol–water partition coefficient (Wildman–Crippen LogP) is 0.0983. The molecule has 11 heavy (non-hydrogen) atoms. The SMILES string of the molecule is Nc1nc(=O)[nH]c2ccoc12. The van der Waals surface area contributed by atoms with Gasteiger partial charge in [0.2, 0.25) is 0 Å². The maximum absolute atomic E-state index is 10.7. The van der Waals surface area contributed by atoms with E-state index in [1.807, 2.05) is 0 Å². The summed E-state index contributed by atoms with van der Waals surface area (Å²) < 4.78 is 4.95. The molecule has 0 aromatic carbocycles. The first-order valence-corrected chi connectivity index (χ1v) is 3.00. The molecule has 0 unspecified atom stereocenters. The normalized spacial score (nSPS) is 10.5. The zero-order valence-electron chi connectivity index (χ0n) is 5.50. The number of nitrogens with one attached hydrogen (secondary N) is 1. The number of anilines is 1. The van der Waals surface area contributed by atoms with E-state index in [0.29, 0.717) is 11.1 Å². The fourth-order valence-electron chi connectivity index (χ4n) is 0.909. The highest BCUT2D eigenvalue weighted by molar-refractivity contribution is 5.81. The van der Waals surface area contributed by atoms with Crippen molar-refractivity contribution in [1.29, 1.82) is 0 Å². The van der Waals surface area contributed by atoms with Gasteiger partial charge in [0, 0.05) is 6.07 Å². The third-order valence-electron chi connectivity index (χ3n) is 1.36. The van der Waals surface area contributed by atoms with Crippen LogP contribution in [0, 0.1) is 0 Å². The minimum absolute atomic E-state index is 0.119. The lowest BCUT2D eigenvalue weighted by molar-refractivity contribution is 0.615. The molecule has 2 aromatic heterocycles. The second-order valence-electron chi connectivity index (χ2n) is 2.09. The lowest BCUT2D eigenvalue weighted by atomic mass is 10.4. The number of aromatic nitrogens is 2. The van der Waals surface area contributed by atoms with Crippen LogP contribution in [0.5, 0.6) is 0 Å². The fourth-order valence-corrected chi connectivity index (χ4v) is 0.909. The summed E-state index contributed by atoms with van der Waals surface area (Å²) in [6.45, 7) is 0. The van der Waals surface area contributed by atoms with Gasteiger partial charge in [-0.25, -0.2) is 4.79 Å². The van der Waals surface area contributed by atoms with Gasteiger partial charge < -0.3 is 15.1 Å². The van der Waals surface area contributed by atoms with E-state index >= 15 is 0 Å². The Morgan fingerprint density at radius 2 is 2.45 bits per heavy atom. The van der Waals surface area contributed by atoms with Gasteiger partial charge >= 0.3 is 5.69 Å². The largest absolute Gasteiger partial charge is 0.459 e. The van der Waals surface area contributed by atoms with E-state index in [-0.39, 0.29) is 5.82 Å². The van der Waals surface area contributed by atoms with Crippen LogP contribution in [0.2, 0.25) is 0 Å². The summed E-state index contributed by atoms with van der Waals surface area (Å²) in [6, 6.07) is 1.62. The lowest BCUT2D eigenvalue weighted by Gasteiger charge is -1.90. The number of fused-ring (bicyclic) bond motifs is 1. The van der Waals surface area contributed by atoms with Gasteiger partial charge in [0.15, 0.2) is 11.4 Å². The predicted molar refractivity (Wildman–Crippen MR) is 39.0 cm³/mol. The Balaban J connectivity index is 3.02. The number of furan rings is 1. The van der Waals surface area contributed by atoms with E-state index in [1.165, 1.54) is 6.26 Å². The highest BCUT2D eigenvalue weighted by atomic mass is 16.3. The molecule has 5 heteroatoms. The Bertz CT molecular complexity index is 442. The molecule has 0 atom stereocenters. The van der Waals surface area contributed by atoms with Gasteiger partial charge in [0.1, 0.15) is 0 Å². The maximum Gasteiger partial charge on any atom is 0.347 e. The van der Waals surface area contributed by atoms with Crippen molar-refractivity contribution in [2.24, 2.45) is 0 Å². The smallest absolute Gasteiger partial charge is 0.347 e. The topological polar surface area (TPSA) is 84.9 Å². The molecule has 5 nitrogen and oxygen atoms in total. The zero-order valence-corrected chi connectivity index (χ0v) is 5.50. The molecule has 0 saturated heterocycles. The highest BCUT2D eigenvalue weighted by Gasteiger charge is 2.02. The summed E-state index contributed by atoms with van der Waals surface area (Å²) in [6.07, 6.45) is 1.44. The summed E-state index contributed by atoms with van der Waals surface area (Å²) in [5.74, 6) is 0.119. The molecular weight excluding hydrogens is 146 g/mol. The zero-order chi connectivity index (χ0) is 7.84. The third kappa shape index (κ3) is 0.778. The van der Waals surface area contributed by atoms with Crippen LogP contribution in [-0.2, 0) is 0 Å². The second kappa shape index (κ2) is 1.85. The van der Waals surface area contributed by atoms with E-state index in [2.05, 4.69) is 9.97 Å². The summed E-state index contributed by atoms with van der Waals surface area (Å²) in [7, 11) is 0. The summed E-state index contributed by atoms with van der Waals surface area (Å²) >= 11 is 0. The monoisotopic (exact) mass is 151 g/mol. The Morgan fingerprint density at radius 3 is 3.27 bits per heavy atom. The van der Waals surface area contributed by atoms with Gasteiger partial charge in [-0.05, 0) is 0 Å². The number of hydrogen-bond acceptors (Lipinski definition) is 4. The molecule has 2 aromatic rings. The number of H-pyrrole nitrogens is 1. The number of nitrogens with zero attached hydrogens (tertiary/aromatic N) is 1. The number of hydrogen-bond donors (Lipinski definition) is 2. The van der Waals surface area contributed by atoms with Gasteiger partial charge in [0.05, 0.1) is 11.8 Å². The minimum Gasteiger partial charge on any atom is -0.459 e. The molecule has 0 amide bonds. The first-order chi connectivity index (χ1) is 5.27. The van der Waals surface area contributed by atoms with Crippen LogP contribution in [0.4, 0.5) is 5.82 Å². The minimum atomic E-state index is -0.462. The van der Waals surface area contributed by atoms with Crippen LogP contribution in [0.1, 0.15) is 0 Å². The Morgan fingerprint density at radius 1 is 1.64 bits per heavy atom. The molecule has 56 valence electrons. The number of rotatable bonds is 0. The number of nitrogen functional groups attached to an aromatic ring is 1. The molecule has 0 bridgehead atoms. The molecule has 0 radical (unpaired) electrons. The van der Waals surface area contributed by atoms with Crippen LogP contribution in [0.15, 0.2) is 21.5 Å². The van der Waals surface area contributed by atoms with Gasteiger partial charge in [-0.1, -0.05) is 0 Å². The molecule has 0 aliphatic heterocycles. The molecule has 0 spiro atoms. The van der Waals surface area contributed by atoms with Crippen molar-refractivity contribution in [2.45, 2.75) is 0 Å². The Hall–Kier alpha value is -1.78. The lowest BCUT2D eigenvalue weighted by Crippen LogP contribution is -2.11. The van der Waals surface area contributed by atoms with Crippen LogP contribution in [0.3, 0.4) is 0 Å². The second-order valence-corrected chi connectivity index (χ2v) is 2.09. The molecular formula is C6H5N3O2. The van der Waals surface area contributed by atoms with Crippen LogP contribution < -0.4 is 11.4 Å². The maximum atomic E-state index is 10.7. The van der Waals surface area contributed by atoms with E-state index in [9.17, 15) is 4.79 Å². The van der Waals surface area contributed by atoms with E-state index in [4.69, 9.17) is 10.2 Å². The third-order valence-corrected chi connectivity index (χ3v) is 1.36. The van der Waals surface area contributed by atoms with Crippen molar-refractivity contribution in [3.8, 4) is 0 Å². The van der Waals surface area contributed by atoms with E-state index in [0.717, 1.165) is 0 Å². The Kier molecular flexibility index (Phi) is 1.00. The van der Waals surface area contributed by atoms with E-state index < -0.39 is 5.69 Å². The quantitative estimate of drug-likeness (QED) is 0.559. The van der Waals surface area contributed by atoms with Crippen molar-refractivity contribution in [3.63, 3.8) is 0 Å². The number of aromatic amines is 1. The molecule has 0 saturated carbocycles. The molecule has 0 fully saturated rings. The first kappa shape index (κ1) is 5.96. The number of nitrogens with two attached hydrogens (primary N) is 1. The first-order valence-electron chi connectivity index (χ1n) is 3.00. The van der Waals surface area contributed by atoms with Gasteiger partial charge in [0.25, 0.3) is 0 Å². The van der Waals surface area contributed by atoms with Crippen molar-refractivity contribution in [1.82, 2.24) is 9.97 Å². The average molecular weight is 151 g/mol.